The fourth-order valence-corrected chi connectivity index (χ4v) is 2.00. The zero-order valence-corrected chi connectivity index (χ0v) is 13.2. The van der Waals surface area contributed by atoms with Gasteiger partial charge in [-0.25, -0.2) is 0 Å². The summed E-state index contributed by atoms with van der Waals surface area (Å²) in [6.07, 6.45) is 0.211. The third-order valence-corrected chi connectivity index (χ3v) is 2.96. The average Bonchev–Trinajstić information content (AvgIpc) is 2.29. The molecule has 1 aliphatic rings. The van der Waals surface area contributed by atoms with E-state index in [4.69, 9.17) is 0 Å². The van der Waals surface area contributed by atoms with Crippen LogP contribution >= 0.6 is 0 Å². The van der Waals surface area contributed by atoms with Gasteiger partial charge in [0.15, 0.2) is 0 Å². The largest absolute Gasteiger partial charge is 1.00 e. The molecule has 84 valence electrons. The molecule has 1 fully saturated rings. The van der Waals surface area contributed by atoms with Crippen molar-refractivity contribution in [2.45, 2.75) is 27.2 Å². The van der Waals surface area contributed by atoms with Crippen LogP contribution in [0.2, 0.25) is 0 Å². The molecule has 1 nitrogen and oxygen atoms in total. The normalized spacial score (nSPS) is 24.0. The van der Waals surface area contributed by atoms with E-state index in [-0.39, 0.29) is 56.8 Å². The summed E-state index contributed by atoms with van der Waals surface area (Å²) in [7, 11) is 0. The minimum Gasteiger partial charge on any atom is -0.448 e. The van der Waals surface area contributed by atoms with E-state index in [0.29, 0.717) is 19.0 Å². The van der Waals surface area contributed by atoms with Gasteiger partial charge in [0.05, 0.1) is 0 Å². The second-order valence-electron chi connectivity index (χ2n) is 5.32. The Hall–Kier alpha value is 1.45. The van der Waals surface area contributed by atoms with Gasteiger partial charge in [0.1, 0.15) is 0 Å². The Morgan fingerprint density at radius 2 is 1.80 bits per heavy atom. The Morgan fingerprint density at radius 1 is 1.27 bits per heavy atom. The molecular weight excluding hydrogens is 229 g/mol. The van der Waals surface area contributed by atoms with Crippen molar-refractivity contribution in [2.24, 2.45) is 11.3 Å². The van der Waals surface area contributed by atoms with Crippen LogP contribution in [0.5, 0.6) is 0 Å². The predicted octanol–water partition coefficient (Wildman–Crippen LogP) is -0.255. The molecule has 0 radical (unpaired) electrons. The third kappa shape index (κ3) is 6.08. The molecule has 1 atom stereocenters. The van der Waals surface area contributed by atoms with Crippen LogP contribution in [-0.4, -0.2) is 31.4 Å². The number of hydrogen-bond donors (Lipinski definition) is 0. The van der Waals surface area contributed by atoms with Gasteiger partial charge in [-0.15, -0.1) is 0 Å². The molecule has 0 aromatic carbocycles. The molecule has 1 heterocycles. The molecule has 1 rings (SSSR count). The molecular formula is C9H18BF3KN. The number of likely N-dealkylation sites (tertiary alicyclic amines) is 1. The molecule has 0 bridgehead atoms. The van der Waals surface area contributed by atoms with Crippen molar-refractivity contribution < 1.29 is 64.3 Å². The fourth-order valence-electron chi connectivity index (χ4n) is 2.00. The van der Waals surface area contributed by atoms with Gasteiger partial charge in [0.25, 0.3) is 0 Å². The Morgan fingerprint density at radius 3 is 2.13 bits per heavy atom. The molecule has 0 spiro atoms. The van der Waals surface area contributed by atoms with E-state index in [1.54, 1.807) is 0 Å². The maximum atomic E-state index is 12.2. The van der Waals surface area contributed by atoms with Crippen molar-refractivity contribution in [2.75, 3.05) is 19.5 Å². The summed E-state index contributed by atoms with van der Waals surface area (Å²) >= 11 is 0. The van der Waals surface area contributed by atoms with Gasteiger partial charge in [-0.2, -0.15) is 0 Å². The van der Waals surface area contributed by atoms with E-state index < -0.39 is 13.4 Å². The van der Waals surface area contributed by atoms with E-state index in [0.717, 1.165) is 6.42 Å². The van der Waals surface area contributed by atoms with Gasteiger partial charge >= 0.3 is 58.4 Å². The van der Waals surface area contributed by atoms with E-state index in [9.17, 15) is 12.9 Å². The molecule has 1 saturated heterocycles. The molecule has 0 amide bonds. The first-order valence-corrected chi connectivity index (χ1v) is 5.12. The van der Waals surface area contributed by atoms with Crippen molar-refractivity contribution in [3.8, 4) is 0 Å². The summed E-state index contributed by atoms with van der Waals surface area (Å²) in [6, 6.07) is 0. The Labute approximate surface area is 133 Å². The zero-order chi connectivity index (χ0) is 11.0. The summed E-state index contributed by atoms with van der Waals surface area (Å²) in [6.45, 7) is 2.84. The molecule has 1 aliphatic heterocycles. The SMILES string of the molecule is CC(C)(C)C1CCN(C[B-](F)(F)F)C1.[K+]. The molecule has 15 heavy (non-hydrogen) atoms. The molecule has 0 saturated carbocycles. The monoisotopic (exact) mass is 247 g/mol. The van der Waals surface area contributed by atoms with Crippen LogP contribution in [-0.2, 0) is 0 Å². The van der Waals surface area contributed by atoms with E-state index in [1.807, 2.05) is 0 Å². The first-order valence-electron chi connectivity index (χ1n) is 5.12. The maximum absolute atomic E-state index is 12.2. The second-order valence-corrected chi connectivity index (χ2v) is 5.32. The van der Waals surface area contributed by atoms with Gasteiger partial charge in [-0.1, -0.05) is 20.8 Å². The van der Waals surface area contributed by atoms with Crippen molar-refractivity contribution in [1.82, 2.24) is 4.90 Å². The van der Waals surface area contributed by atoms with E-state index >= 15 is 0 Å². The quantitative estimate of drug-likeness (QED) is 0.608. The van der Waals surface area contributed by atoms with Crippen LogP contribution in [0.4, 0.5) is 12.9 Å². The minimum atomic E-state index is -4.65. The van der Waals surface area contributed by atoms with Crippen LogP contribution in [0, 0.1) is 11.3 Å². The molecule has 1 unspecified atom stereocenters. The van der Waals surface area contributed by atoms with Crippen molar-refractivity contribution in [1.29, 1.82) is 0 Å². The van der Waals surface area contributed by atoms with Gasteiger partial charge in [0.2, 0.25) is 0 Å². The Kier molecular flexibility index (Phi) is 6.44. The van der Waals surface area contributed by atoms with Gasteiger partial charge in [-0.05, 0) is 37.3 Å². The zero-order valence-electron chi connectivity index (χ0n) is 10.1. The van der Waals surface area contributed by atoms with Crippen LogP contribution in [0.25, 0.3) is 0 Å². The number of nitrogens with zero attached hydrogens (tertiary/aromatic N) is 1. The molecule has 0 N–H and O–H groups in total. The Bertz CT molecular complexity index is 203. The van der Waals surface area contributed by atoms with Gasteiger partial charge < -0.3 is 17.8 Å². The predicted molar refractivity (Wildman–Crippen MR) is 53.1 cm³/mol. The molecule has 0 aliphatic carbocycles. The third-order valence-electron chi connectivity index (χ3n) is 2.96. The second kappa shape index (κ2) is 5.87. The summed E-state index contributed by atoms with van der Waals surface area (Å²) in [5.41, 5.74) is 0.132. The average molecular weight is 247 g/mol. The molecule has 6 heteroatoms. The van der Waals surface area contributed by atoms with Crippen LogP contribution in [0.1, 0.15) is 27.2 Å². The summed E-state index contributed by atoms with van der Waals surface area (Å²) in [4.78, 5) is 1.54. The fraction of sp³-hybridized carbons (Fsp3) is 1.00. The standard InChI is InChI=1S/C9H18BF3N.K/c1-9(2,3)8-4-5-14(6-8)7-10(11,12)13;/h8H,4-7H2,1-3H3;/q-1;+1. The van der Waals surface area contributed by atoms with Crippen LogP contribution < -0.4 is 51.4 Å². The summed E-state index contributed by atoms with van der Waals surface area (Å²) in [5.74, 6) is 0.403. The topological polar surface area (TPSA) is 3.24 Å². The minimum absolute atomic E-state index is 0. The molecule has 0 aromatic rings. The van der Waals surface area contributed by atoms with Gasteiger partial charge in [-0.3, -0.25) is 0 Å². The van der Waals surface area contributed by atoms with E-state index in [1.165, 1.54) is 4.90 Å². The number of halogens is 3. The van der Waals surface area contributed by atoms with Crippen molar-refractivity contribution in [3.05, 3.63) is 0 Å². The van der Waals surface area contributed by atoms with Crippen molar-refractivity contribution in [3.63, 3.8) is 0 Å². The first-order chi connectivity index (χ1) is 6.18. The van der Waals surface area contributed by atoms with Crippen molar-refractivity contribution >= 4 is 6.98 Å². The van der Waals surface area contributed by atoms with Gasteiger partial charge in [0, 0.05) is 0 Å². The Balaban J connectivity index is 0.00000196. The first kappa shape index (κ1) is 16.5. The smallest absolute Gasteiger partial charge is 0.448 e. The summed E-state index contributed by atoms with van der Waals surface area (Å²) in [5, 5.41) is 0. The number of hydrogen-bond acceptors (Lipinski definition) is 1. The maximum Gasteiger partial charge on any atom is 1.00 e. The molecule has 0 aromatic heterocycles. The number of rotatable bonds is 2. The van der Waals surface area contributed by atoms with E-state index in [2.05, 4.69) is 20.8 Å². The summed E-state index contributed by atoms with van der Waals surface area (Å²) < 4.78 is 36.5. The van der Waals surface area contributed by atoms with Crippen LogP contribution in [0.3, 0.4) is 0 Å². The van der Waals surface area contributed by atoms with Crippen LogP contribution in [0.15, 0.2) is 0 Å².